The summed E-state index contributed by atoms with van der Waals surface area (Å²) in [6.07, 6.45) is 4.74. The lowest BCUT2D eigenvalue weighted by atomic mass is 9.87. The van der Waals surface area contributed by atoms with Gasteiger partial charge in [0.1, 0.15) is 28.3 Å². The summed E-state index contributed by atoms with van der Waals surface area (Å²) in [5, 5.41) is 9.96. The van der Waals surface area contributed by atoms with E-state index in [1.54, 1.807) is 0 Å². The minimum absolute atomic E-state index is 0.0333. The summed E-state index contributed by atoms with van der Waals surface area (Å²) in [6.45, 7) is 4.43. The van der Waals surface area contributed by atoms with Gasteiger partial charge in [0.05, 0.1) is 24.0 Å². The third-order valence-electron chi connectivity index (χ3n) is 7.19. The second kappa shape index (κ2) is 10.4. The molecule has 36 heavy (non-hydrogen) atoms. The maximum atomic E-state index is 10.8. The number of nitrogens with zero attached hydrogens (tertiary/aromatic N) is 1. The van der Waals surface area contributed by atoms with Crippen molar-refractivity contribution >= 4 is 10.7 Å². The first-order valence-electron chi connectivity index (χ1n) is 12.6. The van der Waals surface area contributed by atoms with Crippen LogP contribution in [0.3, 0.4) is 0 Å². The molecule has 0 spiro atoms. The van der Waals surface area contributed by atoms with E-state index < -0.39 is 10.7 Å². The molecule has 1 fully saturated rings. The van der Waals surface area contributed by atoms with Gasteiger partial charge in [0.2, 0.25) is 0 Å². The molecule has 0 amide bonds. The number of nitriles is 1. The molecular weight excluding hydrogens is 470 g/mol. The summed E-state index contributed by atoms with van der Waals surface area (Å²) in [7, 11) is -2.38. The largest absolute Gasteiger partial charge is 0.494 e. The van der Waals surface area contributed by atoms with Gasteiger partial charge in [-0.3, -0.25) is 0 Å². The zero-order chi connectivity index (χ0) is 25.2. The Morgan fingerprint density at radius 1 is 0.944 bits per heavy atom. The summed E-state index contributed by atoms with van der Waals surface area (Å²) >= 11 is 0. The van der Waals surface area contributed by atoms with Crippen LogP contribution in [0.15, 0.2) is 48.5 Å². The minimum Gasteiger partial charge on any atom is -0.494 e. The molecule has 0 saturated heterocycles. The van der Waals surface area contributed by atoms with Gasteiger partial charge in [-0.1, -0.05) is 18.2 Å². The molecule has 0 aromatic heterocycles. The molecule has 6 heteroatoms. The van der Waals surface area contributed by atoms with Gasteiger partial charge in [-0.25, -0.2) is 8.42 Å². The molecule has 0 N–H and O–H groups in total. The highest BCUT2D eigenvalue weighted by molar-refractivity contribution is 7.72. The van der Waals surface area contributed by atoms with Crippen molar-refractivity contribution in [3.05, 3.63) is 81.9 Å². The lowest BCUT2D eigenvalue weighted by Crippen LogP contribution is -2.05. The zero-order valence-corrected chi connectivity index (χ0v) is 21.6. The van der Waals surface area contributed by atoms with Gasteiger partial charge in [0.15, 0.2) is 0 Å². The fourth-order valence-corrected chi connectivity index (χ4v) is 5.74. The summed E-state index contributed by atoms with van der Waals surface area (Å²) in [5.74, 6) is 2.46. The van der Waals surface area contributed by atoms with Crippen molar-refractivity contribution in [3.8, 4) is 28.7 Å². The monoisotopic (exact) mass is 501 g/mol. The maximum absolute atomic E-state index is 10.8. The molecule has 0 aliphatic heterocycles. The van der Waals surface area contributed by atoms with E-state index in [2.05, 4.69) is 36.4 Å². The Bertz CT molecular complexity index is 1370. The highest BCUT2D eigenvalue weighted by Crippen LogP contribution is 2.45. The molecule has 5 rings (SSSR count). The van der Waals surface area contributed by atoms with Crippen LogP contribution >= 0.6 is 0 Å². The van der Waals surface area contributed by atoms with Crippen molar-refractivity contribution < 1.29 is 17.9 Å². The van der Waals surface area contributed by atoms with Crippen molar-refractivity contribution in [1.29, 1.82) is 5.26 Å². The summed E-state index contributed by atoms with van der Waals surface area (Å²) in [4.78, 5) is 0. The van der Waals surface area contributed by atoms with Gasteiger partial charge in [0.25, 0.3) is 0 Å². The van der Waals surface area contributed by atoms with Gasteiger partial charge >= 0.3 is 0 Å². The molecule has 2 aliphatic carbocycles. The molecule has 0 radical (unpaired) electrons. The average Bonchev–Trinajstić information content (AvgIpc) is 3.63. The molecular formula is C30H31NO4S. The topological polar surface area (TPSA) is 76.4 Å². The average molecular weight is 502 g/mol. The number of thiol groups is 1. The molecule has 186 valence electrons. The van der Waals surface area contributed by atoms with Crippen LogP contribution < -0.4 is 9.47 Å². The van der Waals surface area contributed by atoms with Crippen LogP contribution in [-0.4, -0.2) is 20.8 Å². The fourth-order valence-electron chi connectivity index (χ4n) is 5.35. The van der Waals surface area contributed by atoms with E-state index in [9.17, 15) is 13.7 Å². The minimum atomic E-state index is -2.38. The van der Waals surface area contributed by atoms with Gasteiger partial charge in [-0.2, -0.15) is 5.26 Å². The molecule has 1 unspecified atom stereocenters. The Morgan fingerprint density at radius 2 is 1.67 bits per heavy atom. The van der Waals surface area contributed by atoms with Crippen molar-refractivity contribution in [2.24, 2.45) is 0 Å². The highest BCUT2D eigenvalue weighted by atomic mass is 32.2. The third-order valence-corrected chi connectivity index (χ3v) is 7.87. The molecule has 3 aromatic rings. The number of fused-ring (bicyclic) bond motifs is 1. The lowest BCUT2D eigenvalue weighted by molar-refractivity contribution is 0.207. The van der Waals surface area contributed by atoms with E-state index in [1.807, 2.05) is 32.0 Å². The van der Waals surface area contributed by atoms with Crippen molar-refractivity contribution in [3.63, 3.8) is 0 Å². The maximum Gasteiger partial charge on any atom is 0.140 e. The van der Waals surface area contributed by atoms with Gasteiger partial charge in [-0.05, 0) is 116 Å². The Balaban J connectivity index is 1.42. The quantitative estimate of drug-likeness (QED) is 0.280. The second-order valence-electron chi connectivity index (χ2n) is 9.85. The Hall–Kier alpha value is -3.30. The molecule has 5 nitrogen and oxygen atoms in total. The van der Waals surface area contributed by atoms with Crippen LogP contribution in [0.1, 0.15) is 71.1 Å². The standard InChI is InChI=1S/C30H31NO4S/c1-19-16-25(34-14-3-15-36(32)33)17-20(2)29(19)30-23(18-31)8-11-26-27(30)12-13-28(26)35-24-9-6-22(7-10-24)21-4-5-21/h6-11,16-17,21,28,36H,3-5,12-15H2,1-2H3. The third kappa shape index (κ3) is 5.12. The predicted molar refractivity (Wildman–Crippen MR) is 141 cm³/mol. The number of aryl methyl sites for hydroxylation is 2. The molecule has 2 aliphatic rings. The van der Waals surface area contributed by atoms with Crippen LogP contribution in [0.5, 0.6) is 11.5 Å². The van der Waals surface area contributed by atoms with Crippen LogP contribution in [0.4, 0.5) is 0 Å². The summed E-state index contributed by atoms with van der Waals surface area (Å²) < 4.78 is 33.8. The van der Waals surface area contributed by atoms with Crippen LogP contribution in [0.2, 0.25) is 0 Å². The Kier molecular flexibility index (Phi) is 7.02. The van der Waals surface area contributed by atoms with Crippen molar-refractivity contribution in [2.75, 3.05) is 12.4 Å². The van der Waals surface area contributed by atoms with E-state index in [-0.39, 0.29) is 11.9 Å². The van der Waals surface area contributed by atoms with Crippen LogP contribution in [-0.2, 0) is 17.1 Å². The SMILES string of the molecule is Cc1cc(OCCC[SH](=O)=O)cc(C)c1-c1c(C#N)ccc2c1CCC2Oc1ccc(C2CC2)cc1. The number of hydrogen-bond donors (Lipinski definition) is 1. The van der Waals surface area contributed by atoms with E-state index >= 15 is 0 Å². The summed E-state index contributed by atoms with van der Waals surface area (Å²) in [6, 6.07) is 18.9. The first-order chi connectivity index (χ1) is 17.4. The van der Waals surface area contributed by atoms with E-state index in [0.717, 1.165) is 58.1 Å². The number of benzene rings is 3. The lowest BCUT2D eigenvalue weighted by Gasteiger charge is -2.19. The number of rotatable bonds is 9. The van der Waals surface area contributed by atoms with Crippen LogP contribution in [0, 0.1) is 25.2 Å². The fraction of sp³-hybridized carbons (Fsp3) is 0.367. The first-order valence-corrected chi connectivity index (χ1v) is 14.0. The van der Waals surface area contributed by atoms with Crippen molar-refractivity contribution in [1.82, 2.24) is 0 Å². The van der Waals surface area contributed by atoms with Crippen LogP contribution in [0.25, 0.3) is 11.1 Å². The second-order valence-corrected chi connectivity index (χ2v) is 11.0. The van der Waals surface area contributed by atoms with E-state index in [1.165, 1.54) is 24.0 Å². The molecule has 1 saturated carbocycles. The van der Waals surface area contributed by atoms with E-state index in [4.69, 9.17) is 9.47 Å². The zero-order valence-electron chi connectivity index (χ0n) is 20.8. The van der Waals surface area contributed by atoms with E-state index in [0.29, 0.717) is 18.6 Å². The smallest absolute Gasteiger partial charge is 0.140 e. The summed E-state index contributed by atoms with van der Waals surface area (Å²) in [5.41, 5.74) is 8.53. The van der Waals surface area contributed by atoms with Gasteiger partial charge < -0.3 is 9.47 Å². The number of hydrogen-bond acceptors (Lipinski definition) is 5. The molecule has 1 atom stereocenters. The van der Waals surface area contributed by atoms with Crippen molar-refractivity contribution in [2.45, 2.75) is 58.0 Å². The molecule has 3 aromatic carbocycles. The molecule has 0 heterocycles. The molecule has 0 bridgehead atoms. The number of ether oxygens (including phenoxy) is 2. The first kappa shape index (κ1) is 24.4. The predicted octanol–water partition coefficient (Wildman–Crippen LogP) is 6.17. The normalized spacial score (nSPS) is 16.6. The highest BCUT2D eigenvalue weighted by Gasteiger charge is 2.30. The van der Waals surface area contributed by atoms with Gasteiger partial charge in [-0.15, -0.1) is 0 Å². The van der Waals surface area contributed by atoms with Gasteiger partial charge in [0, 0.05) is 5.56 Å². The Morgan fingerprint density at radius 3 is 2.31 bits per heavy atom. The Labute approximate surface area is 214 Å².